The summed E-state index contributed by atoms with van der Waals surface area (Å²) in [5, 5.41) is 2.31. The fourth-order valence-electron chi connectivity index (χ4n) is 1.63. The van der Waals surface area contributed by atoms with E-state index in [2.05, 4.69) is 19.1 Å². The Morgan fingerprint density at radius 3 is 2.57 bits per heavy atom. The second-order valence-electron chi connectivity index (χ2n) is 3.20. The van der Waals surface area contributed by atoms with Crippen molar-refractivity contribution in [3.8, 4) is 5.75 Å². The van der Waals surface area contributed by atoms with Crippen LogP contribution in [0.3, 0.4) is 0 Å². The van der Waals surface area contributed by atoms with Crippen LogP contribution >= 0.6 is 0 Å². The number of benzene rings is 2. The van der Waals surface area contributed by atoms with Gasteiger partial charge in [-0.3, -0.25) is 0 Å². The first-order valence-electron chi connectivity index (χ1n) is 4.79. The maximum absolute atomic E-state index is 5.55. The van der Waals surface area contributed by atoms with Gasteiger partial charge in [0.05, 0.1) is 6.61 Å². The van der Waals surface area contributed by atoms with E-state index < -0.39 is 0 Å². The maximum Gasteiger partial charge on any atom is 0.127 e. The lowest BCUT2D eigenvalue weighted by Crippen LogP contribution is -1.92. The van der Waals surface area contributed by atoms with Crippen molar-refractivity contribution in [2.24, 2.45) is 0 Å². The smallest absolute Gasteiger partial charge is 0.127 e. The summed E-state index contributed by atoms with van der Waals surface area (Å²) in [5.41, 5.74) is 1.05. The summed E-state index contributed by atoms with van der Waals surface area (Å²) in [5.74, 6) is 0.940. The van der Waals surface area contributed by atoms with Gasteiger partial charge in [-0.2, -0.15) is 0 Å². The molecule has 1 radical (unpaired) electrons. The van der Waals surface area contributed by atoms with Gasteiger partial charge in [0.25, 0.3) is 0 Å². The van der Waals surface area contributed by atoms with Crippen LogP contribution in [-0.2, 0) is 0 Å². The fraction of sp³-hybridized carbons (Fsp3) is 0.154. The number of hydrogen-bond donors (Lipinski definition) is 0. The standard InChI is InChI=1S/C13H13O/c1-3-14-13-9-5-7-11-10(2)6-4-8-12(11)13/h4-9H,2-3H2,1H3. The lowest BCUT2D eigenvalue weighted by Gasteiger charge is -2.08. The predicted octanol–water partition coefficient (Wildman–Crippen LogP) is 3.42. The van der Waals surface area contributed by atoms with E-state index in [-0.39, 0.29) is 0 Å². The highest BCUT2D eigenvalue weighted by Gasteiger charge is 2.01. The van der Waals surface area contributed by atoms with Crippen LogP contribution in [-0.4, -0.2) is 6.61 Å². The summed E-state index contributed by atoms with van der Waals surface area (Å²) < 4.78 is 5.55. The molecule has 0 fully saturated rings. The Hall–Kier alpha value is -1.50. The molecule has 2 aromatic carbocycles. The quantitative estimate of drug-likeness (QED) is 0.696. The first-order chi connectivity index (χ1) is 6.83. The SMILES string of the molecule is [CH2]c1cccc2c(OCC)cccc12. The molecule has 1 heteroatoms. The van der Waals surface area contributed by atoms with Gasteiger partial charge in [-0.25, -0.2) is 0 Å². The van der Waals surface area contributed by atoms with Crippen molar-refractivity contribution in [2.75, 3.05) is 6.61 Å². The molecule has 0 amide bonds. The normalized spacial score (nSPS) is 10.4. The Kier molecular flexibility index (Phi) is 2.40. The van der Waals surface area contributed by atoms with Crippen LogP contribution < -0.4 is 4.74 Å². The van der Waals surface area contributed by atoms with Crippen molar-refractivity contribution < 1.29 is 4.74 Å². The van der Waals surface area contributed by atoms with Crippen LogP contribution in [0, 0.1) is 6.92 Å². The molecule has 0 spiro atoms. The van der Waals surface area contributed by atoms with Crippen LogP contribution in [0.5, 0.6) is 5.75 Å². The lowest BCUT2D eigenvalue weighted by atomic mass is 10.1. The van der Waals surface area contributed by atoms with Crippen LogP contribution in [0.25, 0.3) is 10.8 Å². The van der Waals surface area contributed by atoms with Crippen LogP contribution in [0.4, 0.5) is 0 Å². The highest BCUT2D eigenvalue weighted by molar-refractivity contribution is 5.91. The van der Waals surface area contributed by atoms with Crippen LogP contribution in [0.2, 0.25) is 0 Å². The van der Waals surface area contributed by atoms with E-state index in [4.69, 9.17) is 4.74 Å². The molecule has 2 rings (SSSR count). The van der Waals surface area contributed by atoms with Gasteiger partial charge in [0, 0.05) is 5.39 Å². The Bertz CT molecular complexity index is 446. The molecule has 71 valence electrons. The zero-order valence-corrected chi connectivity index (χ0v) is 8.29. The summed E-state index contributed by atoms with van der Waals surface area (Å²) in [4.78, 5) is 0. The summed E-state index contributed by atoms with van der Waals surface area (Å²) in [6.45, 7) is 6.68. The highest BCUT2D eigenvalue weighted by Crippen LogP contribution is 2.27. The lowest BCUT2D eigenvalue weighted by molar-refractivity contribution is 0.344. The molecule has 2 aromatic rings. The van der Waals surface area contributed by atoms with Gasteiger partial charge < -0.3 is 4.74 Å². The van der Waals surface area contributed by atoms with Gasteiger partial charge >= 0.3 is 0 Å². The molecule has 14 heavy (non-hydrogen) atoms. The molecule has 0 unspecified atom stereocenters. The number of ether oxygens (including phenoxy) is 1. The first kappa shape index (κ1) is 9.07. The summed E-state index contributed by atoms with van der Waals surface area (Å²) >= 11 is 0. The minimum atomic E-state index is 0.695. The van der Waals surface area contributed by atoms with Gasteiger partial charge in [0.1, 0.15) is 5.75 Å². The Morgan fingerprint density at radius 2 is 1.79 bits per heavy atom. The molecule has 0 aromatic heterocycles. The van der Waals surface area contributed by atoms with E-state index in [0.717, 1.165) is 16.7 Å². The largest absolute Gasteiger partial charge is 0.493 e. The maximum atomic E-state index is 5.55. The third kappa shape index (κ3) is 1.46. The van der Waals surface area contributed by atoms with Gasteiger partial charge in [-0.15, -0.1) is 0 Å². The van der Waals surface area contributed by atoms with E-state index >= 15 is 0 Å². The Labute approximate surface area is 84.3 Å². The average Bonchev–Trinajstić information content (AvgIpc) is 2.20. The Morgan fingerprint density at radius 1 is 1.07 bits per heavy atom. The van der Waals surface area contributed by atoms with E-state index in [9.17, 15) is 0 Å². The predicted molar refractivity (Wildman–Crippen MR) is 59.6 cm³/mol. The van der Waals surface area contributed by atoms with E-state index in [0.29, 0.717) is 6.61 Å². The minimum Gasteiger partial charge on any atom is -0.493 e. The molecule has 0 aliphatic rings. The molecule has 0 aliphatic heterocycles. The van der Waals surface area contributed by atoms with Gasteiger partial charge in [0.2, 0.25) is 0 Å². The molecule has 0 saturated carbocycles. The third-order valence-corrected chi connectivity index (χ3v) is 2.27. The Balaban J connectivity index is 2.68. The minimum absolute atomic E-state index is 0.695. The number of fused-ring (bicyclic) bond motifs is 1. The monoisotopic (exact) mass is 185 g/mol. The van der Waals surface area contributed by atoms with Crippen molar-refractivity contribution >= 4 is 10.8 Å². The highest BCUT2D eigenvalue weighted by atomic mass is 16.5. The van der Waals surface area contributed by atoms with Gasteiger partial charge in [0.15, 0.2) is 0 Å². The molecular formula is C13H13O. The molecule has 1 nitrogen and oxygen atoms in total. The zero-order valence-electron chi connectivity index (χ0n) is 8.29. The zero-order chi connectivity index (χ0) is 9.97. The molecular weight excluding hydrogens is 172 g/mol. The molecule has 0 saturated heterocycles. The van der Waals surface area contributed by atoms with Crippen molar-refractivity contribution in [3.05, 3.63) is 48.9 Å². The van der Waals surface area contributed by atoms with Crippen LogP contribution in [0.1, 0.15) is 12.5 Å². The van der Waals surface area contributed by atoms with Crippen molar-refractivity contribution in [3.63, 3.8) is 0 Å². The molecule has 0 N–H and O–H groups in total. The second kappa shape index (κ2) is 3.70. The van der Waals surface area contributed by atoms with Gasteiger partial charge in [-0.1, -0.05) is 30.3 Å². The molecule has 0 atom stereocenters. The summed E-state index contributed by atoms with van der Waals surface area (Å²) in [6.07, 6.45) is 0. The third-order valence-electron chi connectivity index (χ3n) is 2.27. The molecule has 0 aliphatic carbocycles. The van der Waals surface area contributed by atoms with Crippen molar-refractivity contribution in [1.29, 1.82) is 0 Å². The molecule has 0 heterocycles. The van der Waals surface area contributed by atoms with Crippen LogP contribution in [0.15, 0.2) is 36.4 Å². The van der Waals surface area contributed by atoms with E-state index in [1.54, 1.807) is 0 Å². The van der Waals surface area contributed by atoms with E-state index in [1.165, 1.54) is 5.39 Å². The average molecular weight is 185 g/mol. The molecule has 0 bridgehead atoms. The second-order valence-corrected chi connectivity index (χ2v) is 3.20. The summed E-state index contributed by atoms with van der Waals surface area (Å²) in [6, 6.07) is 12.1. The van der Waals surface area contributed by atoms with Crippen molar-refractivity contribution in [2.45, 2.75) is 6.92 Å². The fourth-order valence-corrected chi connectivity index (χ4v) is 1.63. The van der Waals surface area contributed by atoms with Gasteiger partial charge in [-0.05, 0) is 30.9 Å². The first-order valence-corrected chi connectivity index (χ1v) is 4.79. The topological polar surface area (TPSA) is 9.23 Å². The summed E-state index contributed by atoms with van der Waals surface area (Å²) in [7, 11) is 0. The number of hydrogen-bond acceptors (Lipinski definition) is 1. The van der Waals surface area contributed by atoms with Crippen molar-refractivity contribution in [1.82, 2.24) is 0 Å². The number of rotatable bonds is 2. The van der Waals surface area contributed by atoms with E-state index in [1.807, 2.05) is 31.2 Å².